The van der Waals surface area contributed by atoms with Gasteiger partial charge in [-0.05, 0) is 38.5 Å². The summed E-state index contributed by atoms with van der Waals surface area (Å²) in [6.45, 7) is 5.88. The third-order valence-corrected chi connectivity index (χ3v) is 5.95. The van der Waals surface area contributed by atoms with Gasteiger partial charge in [0.2, 0.25) is 5.91 Å². The van der Waals surface area contributed by atoms with Crippen molar-refractivity contribution in [2.45, 2.75) is 32.3 Å². The van der Waals surface area contributed by atoms with Crippen LogP contribution in [-0.4, -0.2) is 31.4 Å². The first kappa shape index (κ1) is 20.9. The average Bonchev–Trinajstić information content (AvgIpc) is 3.27. The van der Waals surface area contributed by atoms with Crippen LogP contribution in [0.3, 0.4) is 0 Å². The first-order chi connectivity index (χ1) is 15.0. The number of nitrogens with zero attached hydrogens (tertiary/aromatic N) is 3. The van der Waals surface area contributed by atoms with Gasteiger partial charge in [0.15, 0.2) is 5.16 Å². The van der Waals surface area contributed by atoms with Gasteiger partial charge in [0.05, 0.1) is 34.2 Å². The Morgan fingerprint density at radius 1 is 1.03 bits per heavy atom. The molecule has 0 unspecified atom stereocenters. The number of aromatic amines is 1. The summed E-state index contributed by atoms with van der Waals surface area (Å²) in [5.74, 6) is 0.190. The van der Waals surface area contributed by atoms with Gasteiger partial charge in [-0.2, -0.15) is 5.10 Å². The van der Waals surface area contributed by atoms with Crippen molar-refractivity contribution >= 4 is 23.4 Å². The molecule has 2 aromatic heterocycles. The molecule has 0 aliphatic carbocycles. The van der Waals surface area contributed by atoms with Crippen LogP contribution in [0.15, 0.2) is 65.8 Å². The van der Waals surface area contributed by atoms with E-state index in [4.69, 9.17) is 0 Å². The molecule has 2 heterocycles. The first-order valence-electron chi connectivity index (χ1n) is 10.1. The number of H-pyrrole nitrogens is 1. The molecule has 6 nitrogen and oxygen atoms in total. The molecule has 0 fully saturated rings. The van der Waals surface area contributed by atoms with E-state index in [9.17, 15) is 4.79 Å². The van der Waals surface area contributed by atoms with E-state index in [1.165, 1.54) is 17.3 Å². The number of imidazole rings is 1. The fraction of sp³-hybridized carbons (Fsp3) is 0.208. The molecule has 0 aliphatic heterocycles. The molecular weight excluding hydrogens is 406 g/mol. The number of aromatic nitrogens is 4. The van der Waals surface area contributed by atoms with E-state index in [1.54, 1.807) is 0 Å². The van der Waals surface area contributed by atoms with Crippen LogP contribution < -0.4 is 5.32 Å². The maximum absolute atomic E-state index is 12.6. The number of carbonyl (C=O) groups excluding carboxylic acids is 1. The number of amides is 1. The quantitative estimate of drug-likeness (QED) is 0.411. The second-order valence-corrected chi connectivity index (χ2v) is 8.37. The maximum Gasteiger partial charge on any atom is 0.234 e. The molecule has 0 saturated heterocycles. The molecule has 0 bridgehead atoms. The van der Waals surface area contributed by atoms with Gasteiger partial charge in [-0.3, -0.25) is 4.79 Å². The smallest absolute Gasteiger partial charge is 0.234 e. The number of nitrogens with one attached hydrogen (secondary N) is 2. The monoisotopic (exact) mass is 431 g/mol. The van der Waals surface area contributed by atoms with E-state index in [2.05, 4.69) is 32.5 Å². The Kier molecular flexibility index (Phi) is 6.23. The molecule has 1 amide bonds. The topological polar surface area (TPSA) is 75.6 Å². The van der Waals surface area contributed by atoms with Crippen molar-refractivity contribution in [3.05, 3.63) is 89.0 Å². The molecule has 158 valence electrons. The predicted octanol–water partition coefficient (Wildman–Crippen LogP) is 4.84. The highest BCUT2D eigenvalue weighted by atomic mass is 32.2. The summed E-state index contributed by atoms with van der Waals surface area (Å²) in [6.07, 6.45) is 0.771. The van der Waals surface area contributed by atoms with Crippen molar-refractivity contribution in [3.63, 3.8) is 0 Å². The molecular formula is C24H25N5OS. The number of hydrogen-bond acceptors (Lipinski definition) is 4. The summed E-state index contributed by atoms with van der Waals surface area (Å²) < 4.78 is 1.85. The van der Waals surface area contributed by atoms with Crippen LogP contribution in [-0.2, 0) is 11.2 Å². The molecule has 0 saturated carbocycles. The summed E-state index contributed by atoms with van der Waals surface area (Å²) in [5, 5.41) is 8.36. The molecule has 0 atom stereocenters. The molecule has 2 aromatic carbocycles. The van der Waals surface area contributed by atoms with Crippen molar-refractivity contribution in [1.29, 1.82) is 0 Å². The number of aryl methyl sites for hydroxylation is 2. The molecule has 7 heteroatoms. The number of carbonyl (C=O) groups is 1. The second-order valence-electron chi connectivity index (χ2n) is 7.41. The van der Waals surface area contributed by atoms with Crippen molar-refractivity contribution < 1.29 is 4.79 Å². The van der Waals surface area contributed by atoms with Crippen LogP contribution in [0.2, 0.25) is 0 Å². The Morgan fingerprint density at radius 3 is 2.42 bits per heavy atom. The van der Waals surface area contributed by atoms with Crippen molar-refractivity contribution in [3.8, 4) is 5.69 Å². The number of rotatable bonds is 7. The number of anilines is 1. The Labute approximate surface area is 186 Å². The summed E-state index contributed by atoms with van der Waals surface area (Å²) in [7, 11) is 0. The van der Waals surface area contributed by atoms with Crippen LogP contribution in [0.5, 0.6) is 0 Å². The van der Waals surface area contributed by atoms with Gasteiger partial charge in [0, 0.05) is 12.1 Å². The zero-order chi connectivity index (χ0) is 21.8. The largest absolute Gasteiger partial charge is 0.337 e. The fourth-order valence-corrected chi connectivity index (χ4v) is 4.19. The molecule has 4 aromatic rings. The van der Waals surface area contributed by atoms with Gasteiger partial charge in [0.1, 0.15) is 0 Å². The molecule has 31 heavy (non-hydrogen) atoms. The Bertz CT molecular complexity index is 1180. The van der Waals surface area contributed by atoms with Gasteiger partial charge < -0.3 is 10.3 Å². The molecule has 2 N–H and O–H groups in total. The summed E-state index contributed by atoms with van der Waals surface area (Å²) >= 11 is 1.40. The minimum Gasteiger partial charge on any atom is -0.337 e. The summed E-state index contributed by atoms with van der Waals surface area (Å²) in [5.41, 5.74) is 6.67. The number of benzene rings is 2. The van der Waals surface area contributed by atoms with E-state index >= 15 is 0 Å². The van der Waals surface area contributed by atoms with Gasteiger partial charge >= 0.3 is 0 Å². The average molecular weight is 432 g/mol. The fourth-order valence-electron chi connectivity index (χ4n) is 3.45. The van der Waals surface area contributed by atoms with Crippen LogP contribution in [0.25, 0.3) is 5.69 Å². The van der Waals surface area contributed by atoms with E-state index in [1.807, 2.05) is 74.0 Å². The maximum atomic E-state index is 12.6. The normalized spacial score (nSPS) is 10.9. The van der Waals surface area contributed by atoms with Gasteiger partial charge in [-0.1, -0.05) is 60.3 Å². The zero-order valence-electron chi connectivity index (χ0n) is 17.8. The minimum atomic E-state index is -0.0810. The van der Waals surface area contributed by atoms with E-state index in [0.717, 1.165) is 45.7 Å². The Hall–Kier alpha value is -3.32. The van der Waals surface area contributed by atoms with Crippen molar-refractivity contribution in [1.82, 2.24) is 19.7 Å². The summed E-state index contributed by atoms with van der Waals surface area (Å²) in [4.78, 5) is 20.6. The Balaban J connectivity index is 1.39. The third kappa shape index (κ3) is 4.88. The lowest BCUT2D eigenvalue weighted by atomic mass is 10.1. The first-order valence-corrected chi connectivity index (χ1v) is 11.1. The standard InChI is InChI=1S/C24H25N5OS/c1-16-21(14-19-10-6-4-7-11-19)26-24(25-16)31-15-22(30)27-23-17(2)28-29(18(23)3)20-12-8-5-9-13-20/h4-13H,14-15H2,1-3H3,(H,25,26)(H,27,30). The van der Waals surface area contributed by atoms with Crippen molar-refractivity contribution in [2.75, 3.05) is 11.1 Å². The molecule has 0 radical (unpaired) electrons. The molecule has 0 aliphatic rings. The van der Waals surface area contributed by atoms with Crippen LogP contribution in [0.4, 0.5) is 5.69 Å². The predicted molar refractivity (Wildman–Crippen MR) is 125 cm³/mol. The highest BCUT2D eigenvalue weighted by Gasteiger charge is 2.16. The number of para-hydroxylation sites is 1. The lowest BCUT2D eigenvalue weighted by Gasteiger charge is -2.06. The highest BCUT2D eigenvalue weighted by Crippen LogP contribution is 2.24. The second kappa shape index (κ2) is 9.22. The van der Waals surface area contributed by atoms with E-state index in [-0.39, 0.29) is 11.7 Å². The number of hydrogen-bond donors (Lipinski definition) is 2. The van der Waals surface area contributed by atoms with Crippen LogP contribution in [0.1, 0.15) is 28.3 Å². The van der Waals surface area contributed by atoms with Crippen LogP contribution >= 0.6 is 11.8 Å². The van der Waals surface area contributed by atoms with Crippen molar-refractivity contribution in [2.24, 2.45) is 0 Å². The molecule has 4 rings (SSSR count). The van der Waals surface area contributed by atoms with Crippen LogP contribution in [0, 0.1) is 20.8 Å². The van der Waals surface area contributed by atoms with Gasteiger partial charge in [-0.25, -0.2) is 9.67 Å². The lowest BCUT2D eigenvalue weighted by Crippen LogP contribution is -2.15. The zero-order valence-corrected chi connectivity index (χ0v) is 18.7. The highest BCUT2D eigenvalue weighted by molar-refractivity contribution is 7.99. The van der Waals surface area contributed by atoms with E-state index < -0.39 is 0 Å². The van der Waals surface area contributed by atoms with Gasteiger partial charge in [-0.15, -0.1) is 0 Å². The third-order valence-electron chi connectivity index (χ3n) is 5.07. The molecule has 0 spiro atoms. The minimum absolute atomic E-state index is 0.0810. The van der Waals surface area contributed by atoms with E-state index in [0.29, 0.717) is 0 Å². The van der Waals surface area contributed by atoms with Gasteiger partial charge in [0.25, 0.3) is 0 Å². The Morgan fingerprint density at radius 2 is 1.71 bits per heavy atom. The SMILES string of the molecule is Cc1nn(-c2ccccc2)c(C)c1NC(=O)CSc1nc(Cc2ccccc2)c(C)[nH]1. The number of thioether (sulfide) groups is 1. The summed E-state index contributed by atoms with van der Waals surface area (Å²) in [6, 6.07) is 20.1. The lowest BCUT2D eigenvalue weighted by molar-refractivity contribution is -0.113.